The van der Waals surface area contributed by atoms with Gasteiger partial charge in [-0.1, -0.05) is 73.8 Å². The molecule has 19 heavy (non-hydrogen) atoms. The van der Waals surface area contributed by atoms with E-state index in [1.165, 1.54) is 23.2 Å². The minimum Gasteiger partial charge on any atom is -0.0693 e. The van der Waals surface area contributed by atoms with Crippen LogP contribution in [-0.4, -0.2) is 8.07 Å². The summed E-state index contributed by atoms with van der Waals surface area (Å²) >= 11 is 0. The zero-order valence-corrected chi connectivity index (χ0v) is 12.8. The van der Waals surface area contributed by atoms with Crippen molar-refractivity contribution in [1.29, 1.82) is 0 Å². The number of rotatable bonds is 2. The molecule has 0 aromatic heterocycles. The van der Waals surface area contributed by atoms with Gasteiger partial charge < -0.3 is 0 Å². The van der Waals surface area contributed by atoms with Gasteiger partial charge in [0.25, 0.3) is 0 Å². The lowest BCUT2D eigenvalue weighted by Gasteiger charge is -2.20. The van der Waals surface area contributed by atoms with Crippen LogP contribution in [0.2, 0.25) is 25.2 Å². The Morgan fingerprint density at radius 3 is 1.42 bits per heavy atom. The van der Waals surface area contributed by atoms with Crippen LogP contribution in [0, 0.1) is 0 Å². The zero-order chi connectivity index (χ0) is 13.3. The number of hydrogen-bond donors (Lipinski definition) is 0. The lowest BCUT2D eigenvalue weighted by molar-refractivity contribution is 0.657. The molecule has 1 saturated heterocycles. The second-order valence-electron chi connectivity index (χ2n) is 6.61. The Bertz CT molecular complexity index is 481. The van der Waals surface area contributed by atoms with Crippen LogP contribution in [0.1, 0.15) is 23.0 Å². The third-order valence-electron chi connectivity index (χ3n) is 4.49. The summed E-state index contributed by atoms with van der Waals surface area (Å²) in [5.74, 6) is 1.45. The molecule has 0 nitrogen and oxygen atoms in total. The maximum absolute atomic E-state index is 2.55. The zero-order valence-electron chi connectivity index (χ0n) is 11.8. The summed E-state index contributed by atoms with van der Waals surface area (Å²) in [6.07, 6.45) is 0. The lowest BCUT2D eigenvalue weighted by Crippen LogP contribution is -2.19. The molecule has 0 spiro atoms. The largest absolute Gasteiger partial charge is 0.0693 e. The first kappa shape index (κ1) is 12.7. The summed E-state index contributed by atoms with van der Waals surface area (Å²) in [7, 11) is -1.03. The molecule has 0 amide bonds. The fraction of sp³-hybridized carbons (Fsp3) is 0.333. The van der Waals surface area contributed by atoms with Crippen molar-refractivity contribution in [1.82, 2.24) is 0 Å². The molecule has 1 fully saturated rings. The van der Waals surface area contributed by atoms with Gasteiger partial charge in [0.2, 0.25) is 0 Å². The van der Waals surface area contributed by atoms with Gasteiger partial charge in [0.1, 0.15) is 0 Å². The molecule has 3 rings (SSSR count). The molecule has 0 aliphatic carbocycles. The van der Waals surface area contributed by atoms with Crippen molar-refractivity contribution in [2.75, 3.05) is 0 Å². The normalized spacial score (nSPS) is 25.4. The molecule has 1 aliphatic heterocycles. The first-order valence-corrected chi connectivity index (χ1v) is 10.7. The van der Waals surface area contributed by atoms with Crippen LogP contribution in [0.4, 0.5) is 0 Å². The lowest BCUT2D eigenvalue weighted by atomic mass is 9.84. The average molecular weight is 266 g/mol. The Morgan fingerprint density at radius 1 is 0.684 bits per heavy atom. The number of benzene rings is 2. The first-order chi connectivity index (χ1) is 9.16. The van der Waals surface area contributed by atoms with E-state index in [9.17, 15) is 0 Å². The van der Waals surface area contributed by atoms with Crippen LogP contribution in [0.3, 0.4) is 0 Å². The highest BCUT2D eigenvalue weighted by Crippen LogP contribution is 2.50. The highest BCUT2D eigenvalue weighted by Gasteiger charge is 2.41. The van der Waals surface area contributed by atoms with Crippen LogP contribution in [0.5, 0.6) is 0 Å². The van der Waals surface area contributed by atoms with E-state index in [0.717, 1.165) is 11.8 Å². The van der Waals surface area contributed by atoms with E-state index >= 15 is 0 Å². The minimum absolute atomic E-state index is 0.727. The summed E-state index contributed by atoms with van der Waals surface area (Å²) in [4.78, 5) is 0. The minimum atomic E-state index is -1.03. The van der Waals surface area contributed by atoms with Crippen molar-refractivity contribution in [2.24, 2.45) is 0 Å². The van der Waals surface area contributed by atoms with Gasteiger partial charge in [-0.05, 0) is 35.1 Å². The Labute approximate surface area is 117 Å². The third kappa shape index (κ3) is 2.66. The van der Waals surface area contributed by atoms with E-state index in [-0.39, 0.29) is 0 Å². The molecule has 0 N–H and O–H groups in total. The monoisotopic (exact) mass is 266 g/mol. The molecule has 1 aliphatic rings. The summed E-state index contributed by atoms with van der Waals surface area (Å²) in [6.45, 7) is 5.10. The van der Waals surface area contributed by atoms with E-state index < -0.39 is 8.07 Å². The standard InChI is InChI=1S/C18H22Si/c1-19(2)13-17(15-9-5-3-6-10-15)18(14-19)16-11-7-4-8-12-16/h3-12,17-18H,13-14H2,1-2H3/t17-,18-/m0/s1. The Balaban J connectivity index is 1.97. The van der Waals surface area contributed by atoms with Crippen molar-refractivity contribution in [2.45, 2.75) is 37.0 Å². The maximum Gasteiger partial charge on any atom is 0.0486 e. The summed E-state index contributed by atoms with van der Waals surface area (Å²) in [6, 6.07) is 25.1. The third-order valence-corrected chi connectivity index (χ3v) is 7.58. The van der Waals surface area contributed by atoms with Crippen LogP contribution in [-0.2, 0) is 0 Å². The topological polar surface area (TPSA) is 0 Å². The van der Waals surface area contributed by atoms with Crippen molar-refractivity contribution in [3.05, 3.63) is 71.8 Å². The highest BCUT2D eigenvalue weighted by molar-refractivity contribution is 6.78. The quantitative estimate of drug-likeness (QED) is 0.649. The second kappa shape index (κ2) is 4.97. The molecule has 2 aromatic carbocycles. The molecular weight excluding hydrogens is 244 g/mol. The summed E-state index contributed by atoms with van der Waals surface area (Å²) < 4.78 is 0. The van der Waals surface area contributed by atoms with Crippen molar-refractivity contribution < 1.29 is 0 Å². The van der Waals surface area contributed by atoms with Gasteiger partial charge in [0.15, 0.2) is 0 Å². The number of hydrogen-bond acceptors (Lipinski definition) is 0. The molecule has 2 atom stereocenters. The average Bonchev–Trinajstić information content (AvgIpc) is 2.77. The molecule has 0 unspecified atom stereocenters. The fourth-order valence-electron chi connectivity index (χ4n) is 3.66. The molecule has 0 bridgehead atoms. The predicted octanol–water partition coefficient (Wildman–Crippen LogP) is 5.28. The molecular formula is C18H22Si. The summed E-state index contributed by atoms with van der Waals surface area (Å²) in [5, 5.41) is 0. The van der Waals surface area contributed by atoms with Gasteiger partial charge >= 0.3 is 0 Å². The van der Waals surface area contributed by atoms with E-state index in [2.05, 4.69) is 73.8 Å². The molecule has 2 aromatic rings. The van der Waals surface area contributed by atoms with Crippen molar-refractivity contribution in [3.63, 3.8) is 0 Å². The second-order valence-corrected chi connectivity index (χ2v) is 11.8. The first-order valence-electron chi connectivity index (χ1n) is 7.26. The van der Waals surface area contributed by atoms with Gasteiger partial charge in [0.05, 0.1) is 0 Å². The van der Waals surface area contributed by atoms with Crippen LogP contribution < -0.4 is 0 Å². The molecule has 98 valence electrons. The van der Waals surface area contributed by atoms with E-state index in [0.29, 0.717) is 0 Å². The molecule has 1 heteroatoms. The van der Waals surface area contributed by atoms with Crippen LogP contribution >= 0.6 is 0 Å². The van der Waals surface area contributed by atoms with E-state index in [4.69, 9.17) is 0 Å². The van der Waals surface area contributed by atoms with Crippen molar-refractivity contribution >= 4 is 8.07 Å². The van der Waals surface area contributed by atoms with Gasteiger partial charge in [-0.2, -0.15) is 0 Å². The molecule has 0 saturated carbocycles. The van der Waals surface area contributed by atoms with Gasteiger partial charge in [-0.25, -0.2) is 0 Å². The van der Waals surface area contributed by atoms with Gasteiger partial charge in [0, 0.05) is 8.07 Å². The van der Waals surface area contributed by atoms with E-state index in [1.807, 2.05) is 0 Å². The Kier molecular flexibility index (Phi) is 3.32. The van der Waals surface area contributed by atoms with Gasteiger partial charge in [-0.3, -0.25) is 0 Å². The Morgan fingerprint density at radius 2 is 1.05 bits per heavy atom. The smallest absolute Gasteiger partial charge is 0.0486 e. The van der Waals surface area contributed by atoms with Gasteiger partial charge in [-0.15, -0.1) is 0 Å². The predicted molar refractivity (Wildman–Crippen MR) is 85.5 cm³/mol. The highest BCUT2D eigenvalue weighted by atomic mass is 28.3. The fourth-order valence-corrected chi connectivity index (χ4v) is 7.25. The maximum atomic E-state index is 2.55. The SMILES string of the molecule is C[Si]1(C)C[C@@H](c2ccccc2)[C@H](c2ccccc2)C1. The molecule has 0 radical (unpaired) electrons. The Hall–Kier alpha value is -1.34. The van der Waals surface area contributed by atoms with Crippen molar-refractivity contribution in [3.8, 4) is 0 Å². The van der Waals surface area contributed by atoms with E-state index in [1.54, 1.807) is 0 Å². The summed E-state index contributed by atoms with van der Waals surface area (Å²) in [5.41, 5.74) is 3.07. The van der Waals surface area contributed by atoms with Crippen LogP contribution in [0.15, 0.2) is 60.7 Å². The molecule has 1 heterocycles. The van der Waals surface area contributed by atoms with Crippen LogP contribution in [0.25, 0.3) is 0 Å².